The zero-order chi connectivity index (χ0) is 15.5. The maximum atomic E-state index is 12.2. The molecule has 0 aromatic carbocycles. The van der Waals surface area contributed by atoms with Gasteiger partial charge in [-0.2, -0.15) is 5.10 Å². The monoisotopic (exact) mass is 306 g/mol. The van der Waals surface area contributed by atoms with Crippen molar-refractivity contribution in [3.8, 4) is 0 Å². The van der Waals surface area contributed by atoms with Crippen molar-refractivity contribution in [1.29, 1.82) is 0 Å². The Morgan fingerprint density at radius 2 is 2.05 bits per heavy atom. The van der Waals surface area contributed by atoms with Crippen molar-refractivity contribution in [1.82, 2.24) is 19.7 Å². The molecule has 0 bridgehead atoms. The zero-order valence-electron chi connectivity index (χ0n) is 13.0. The molecule has 120 valence electrons. The number of hydrogen-bond donors (Lipinski definition) is 0. The molecule has 1 saturated carbocycles. The number of rotatable bonds is 5. The largest absolute Gasteiger partial charge is 0.469 e. The number of fused-ring (bicyclic) bond motifs is 1. The summed E-state index contributed by atoms with van der Waals surface area (Å²) in [6.07, 6.45) is 4.38. The lowest BCUT2D eigenvalue weighted by Gasteiger charge is -2.19. The molecule has 1 aromatic heterocycles. The first-order valence-corrected chi connectivity index (χ1v) is 7.95. The molecule has 1 aromatic rings. The quantitative estimate of drug-likeness (QED) is 0.755. The van der Waals surface area contributed by atoms with Gasteiger partial charge in [-0.3, -0.25) is 9.59 Å². The van der Waals surface area contributed by atoms with Crippen LogP contribution in [-0.2, 0) is 27.3 Å². The summed E-state index contributed by atoms with van der Waals surface area (Å²) in [5.41, 5.74) is 0. The van der Waals surface area contributed by atoms with E-state index in [1.165, 1.54) is 20.0 Å². The lowest BCUT2D eigenvalue weighted by atomic mass is 10.2. The Bertz CT molecular complexity index is 540. The fraction of sp³-hybridized carbons (Fsp3) is 0.733. The van der Waals surface area contributed by atoms with Gasteiger partial charge in [0, 0.05) is 38.3 Å². The van der Waals surface area contributed by atoms with Crippen LogP contribution in [0.2, 0.25) is 0 Å². The molecular weight excluding hydrogens is 284 g/mol. The highest BCUT2D eigenvalue weighted by Gasteiger charge is 2.30. The molecule has 7 heteroatoms. The van der Waals surface area contributed by atoms with Gasteiger partial charge in [0.05, 0.1) is 13.7 Å². The molecule has 0 unspecified atom stereocenters. The average Bonchev–Trinajstić information content (AvgIpc) is 3.31. The van der Waals surface area contributed by atoms with Crippen molar-refractivity contribution in [2.24, 2.45) is 0 Å². The average molecular weight is 306 g/mol. The molecule has 2 aliphatic rings. The molecule has 0 atom stereocenters. The number of nitrogens with zero attached hydrogens (tertiary/aromatic N) is 4. The minimum atomic E-state index is -0.263. The number of carbonyl (C=O) groups excluding carboxylic acids is 2. The Kier molecular flexibility index (Phi) is 4.40. The highest BCUT2D eigenvalue weighted by molar-refractivity contribution is 5.77. The van der Waals surface area contributed by atoms with E-state index < -0.39 is 0 Å². The van der Waals surface area contributed by atoms with Crippen molar-refractivity contribution in [3.05, 3.63) is 11.6 Å². The third-order valence-electron chi connectivity index (χ3n) is 4.25. The van der Waals surface area contributed by atoms with E-state index in [1.807, 2.05) is 9.58 Å². The van der Waals surface area contributed by atoms with Crippen molar-refractivity contribution in [2.45, 2.75) is 51.0 Å². The van der Waals surface area contributed by atoms with E-state index in [9.17, 15) is 9.59 Å². The highest BCUT2D eigenvalue weighted by atomic mass is 16.5. The molecule has 7 nitrogen and oxygen atoms in total. The first kappa shape index (κ1) is 15.0. The Balaban J connectivity index is 1.49. The van der Waals surface area contributed by atoms with Crippen LogP contribution < -0.4 is 0 Å². The summed E-state index contributed by atoms with van der Waals surface area (Å²) in [6.45, 7) is 2.05. The van der Waals surface area contributed by atoms with Gasteiger partial charge in [0.15, 0.2) is 5.82 Å². The van der Waals surface area contributed by atoms with Gasteiger partial charge < -0.3 is 9.64 Å². The number of methoxy groups -OCH3 is 1. The number of carbonyl (C=O) groups is 2. The van der Waals surface area contributed by atoms with E-state index in [-0.39, 0.29) is 11.9 Å². The minimum absolute atomic E-state index is 0.0945. The molecule has 0 N–H and O–H groups in total. The molecule has 1 aliphatic carbocycles. The Hall–Kier alpha value is -1.92. The standard InChI is InChI=1S/C15H22N4O3/c1-22-14(21)4-2-3-13(20)18-8-7-12-16-15(11-5-6-11)17-19(12)10-9-18/h11H,2-10H2,1H3. The molecule has 22 heavy (non-hydrogen) atoms. The lowest BCUT2D eigenvalue weighted by Crippen LogP contribution is -2.33. The number of aromatic nitrogens is 3. The van der Waals surface area contributed by atoms with Crippen LogP contribution in [0.3, 0.4) is 0 Å². The molecular formula is C15H22N4O3. The number of esters is 1. The molecule has 0 spiro atoms. The molecule has 3 rings (SSSR count). The van der Waals surface area contributed by atoms with Crippen molar-refractivity contribution >= 4 is 11.9 Å². The van der Waals surface area contributed by atoms with E-state index in [0.29, 0.717) is 44.8 Å². The number of ether oxygens (including phenoxy) is 1. The van der Waals surface area contributed by atoms with Gasteiger partial charge in [0.25, 0.3) is 0 Å². The van der Waals surface area contributed by atoms with Crippen LogP contribution in [0.1, 0.15) is 49.7 Å². The highest BCUT2D eigenvalue weighted by Crippen LogP contribution is 2.38. The van der Waals surface area contributed by atoms with Gasteiger partial charge in [0.1, 0.15) is 5.82 Å². The van der Waals surface area contributed by atoms with Crippen LogP contribution in [0.15, 0.2) is 0 Å². The maximum absolute atomic E-state index is 12.2. The van der Waals surface area contributed by atoms with Crippen LogP contribution in [0.25, 0.3) is 0 Å². The van der Waals surface area contributed by atoms with Gasteiger partial charge in [-0.05, 0) is 19.3 Å². The number of hydrogen-bond acceptors (Lipinski definition) is 5. The normalized spacial score (nSPS) is 17.8. The minimum Gasteiger partial charge on any atom is -0.469 e. The van der Waals surface area contributed by atoms with Gasteiger partial charge in [-0.1, -0.05) is 0 Å². The fourth-order valence-electron chi connectivity index (χ4n) is 2.73. The third kappa shape index (κ3) is 3.45. The fourth-order valence-corrected chi connectivity index (χ4v) is 2.73. The SMILES string of the molecule is COC(=O)CCCC(=O)N1CCc2nc(C3CC3)nn2CC1. The number of amides is 1. The molecule has 1 aliphatic heterocycles. The Morgan fingerprint density at radius 3 is 2.77 bits per heavy atom. The summed E-state index contributed by atoms with van der Waals surface area (Å²) in [4.78, 5) is 29.7. The molecule has 0 saturated heterocycles. The van der Waals surface area contributed by atoms with Gasteiger partial charge in [0.2, 0.25) is 5.91 Å². The molecule has 0 radical (unpaired) electrons. The van der Waals surface area contributed by atoms with Crippen LogP contribution in [0.5, 0.6) is 0 Å². The van der Waals surface area contributed by atoms with Crippen LogP contribution in [0, 0.1) is 0 Å². The van der Waals surface area contributed by atoms with E-state index in [0.717, 1.165) is 18.1 Å². The summed E-state index contributed by atoms with van der Waals surface area (Å²) in [7, 11) is 1.36. The summed E-state index contributed by atoms with van der Waals surface area (Å²) < 4.78 is 6.53. The first-order valence-electron chi connectivity index (χ1n) is 7.95. The Labute approximate surface area is 129 Å². The van der Waals surface area contributed by atoms with E-state index >= 15 is 0 Å². The van der Waals surface area contributed by atoms with E-state index in [1.54, 1.807) is 0 Å². The van der Waals surface area contributed by atoms with Crippen molar-refractivity contribution < 1.29 is 14.3 Å². The van der Waals surface area contributed by atoms with Crippen molar-refractivity contribution in [2.75, 3.05) is 20.2 Å². The predicted molar refractivity (Wildman–Crippen MR) is 78.1 cm³/mol. The zero-order valence-corrected chi connectivity index (χ0v) is 13.0. The molecule has 1 fully saturated rings. The lowest BCUT2D eigenvalue weighted by molar-refractivity contribution is -0.140. The second-order valence-corrected chi connectivity index (χ2v) is 5.94. The third-order valence-corrected chi connectivity index (χ3v) is 4.25. The maximum Gasteiger partial charge on any atom is 0.305 e. The van der Waals surface area contributed by atoms with E-state index in [2.05, 4.69) is 14.8 Å². The van der Waals surface area contributed by atoms with Gasteiger partial charge in [-0.15, -0.1) is 0 Å². The second kappa shape index (κ2) is 6.46. The summed E-state index contributed by atoms with van der Waals surface area (Å²) in [5.74, 6) is 2.37. The van der Waals surface area contributed by atoms with Gasteiger partial charge in [-0.25, -0.2) is 9.67 Å². The summed E-state index contributed by atoms with van der Waals surface area (Å²) >= 11 is 0. The summed E-state index contributed by atoms with van der Waals surface area (Å²) in [5, 5.41) is 4.57. The predicted octanol–water partition coefficient (Wildman–Crippen LogP) is 0.883. The van der Waals surface area contributed by atoms with Crippen LogP contribution in [-0.4, -0.2) is 51.7 Å². The van der Waals surface area contributed by atoms with Crippen LogP contribution >= 0.6 is 0 Å². The topological polar surface area (TPSA) is 77.3 Å². The summed E-state index contributed by atoms with van der Waals surface area (Å²) in [6, 6.07) is 0. The smallest absolute Gasteiger partial charge is 0.305 e. The molecule has 2 heterocycles. The molecule has 1 amide bonds. The van der Waals surface area contributed by atoms with Crippen LogP contribution in [0.4, 0.5) is 0 Å². The first-order chi connectivity index (χ1) is 10.7. The Morgan fingerprint density at radius 1 is 1.23 bits per heavy atom. The van der Waals surface area contributed by atoms with Crippen molar-refractivity contribution in [3.63, 3.8) is 0 Å². The van der Waals surface area contributed by atoms with E-state index in [4.69, 9.17) is 0 Å². The van der Waals surface area contributed by atoms with Gasteiger partial charge >= 0.3 is 5.97 Å². The second-order valence-electron chi connectivity index (χ2n) is 5.94.